The molecule has 0 radical (unpaired) electrons. The standard InChI is InChI=1S/C22H29N3O6S/c1-16(2)20(22(27)23-9-8-18-6-4-12-31-18)24-21(26)17-5-3-7-19(15-17)32(28,29)25-10-13-30-14-11-25/h3-7,12,15-16,20H,8-11,13-14H2,1-2H3,(H,23,27)(H,24,26). The molecule has 10 heteroatoms. The first-order chi connectivity index (χ1) is 15.3. The summed E-state index contributed by atoms with van der Waals surface area (Å²) in [5.74, 6) is -0.225. The molecule has 1 aromatic carbocycles. The minimum absolute atomic E-state index is 0.0380. The van der Waals surface area contributed by atoms with Crippen LogP contribution in [0.5, 0.6) is 0 Å². The number of nitrogens with one attached hydrogen (secondary N) is 2. The molecule has 0 bridgehead atoms. The molecule has 2 heterocycles. The number of hydrogen-bond donors (Lipinski definition) is 2. The van der Waals surface area contributed by atoms with Crippen LogP contribution in [0.4, 0.5) is 0 Å². The fourth-order valence-electron chi connectivity index (χ4n) is 3.37. The van der Waals surface area contributed by atoms with E-state index in [0.717, 1.165) is 5.76 Å². The Morgan fingerprint density at radius 2 is 1.88 bits per heavy atom. The molecule has 1 unspecified atom stereocenters. The second kappa shape index (κ2) is 10.8. The number of benzene rings is 1. The molecule has 0 spiro atoms. The van der Waals surface area contributed by atoms with Gasteiger partial charge in [0.1, 0.15) is 11.8 Å². The smallest absolute Gasteiger partial charge is 0.251 e. The van der Waals surface area contributed by atoms with Gasteiger partial charge in [-0.3, -0.25) is 9.59 Å². The molecule has 3 rings (SSSR count). The fraction of sp³-hybridized carbons (Fsp3) is 0.455. The Hall–Kier alpha value is -2.69. The van der Waals surface area contributed by atoms with E-state index in [1.165, 1.54) is 28.6 Å². The molecule has 1 fully saturated rings. The Bertz CT molecular complexity index is 1010. The highest BCUT2D eigenvalue weighted by Crippen LogP contribution is 2.18. The van der Waals surface area contributed by atoms with Gasteiger partial charge in [0.2, 0.25) is 15.9 Å². The van der Waals surface area contributed by atoms with Crippen molar-refractivity contribution in [1.82, 2.24) is 14.9 Å². The molecule has 1 saturated heterocycles. The van der Waals surface area contributed by atoms with E-state index < -0.39 is 22.0 Å². The number of carbonyl (C=O) groups is 2. The number of nitrogens with zero attached hydrogens (tertiary/aromatic N) is 1. The van der Waals surface area contributed by atoms with E-state index in [1.807, 2.05) is 19.9 Å². The summed E-state index contributed by atoms with van der Waals surface area (Å²) < 4.78 is 37.6. The van der Waals surface area contributed by atoms with Gasteiger partial charge < -0.3 is 19.8 Å². The zero-order valence-electron chi connectivity index (χ0n) is 18.2. The predicted octanol–water partition coefficient (Wildman–Crippen LogP) is 1.41. The highest BCUT2D eigenvalue weighted by Gasteiger charge is 2.28. The molecule has 2 aromatic rings. The van der Waals surface area contributed by atoms with Crippen molar-refractivity contribution in [3.63, 3.8) is 0 Å². The highest BCUT2D eigenvalue weighted by atomic mass is 32.2. The lowest BCUT2D eigenvalue weighted by atomic mass is 10.0. The molecule has 1 aromatic heterocycles. The van der Waals surface area contributed by atoms with Crippen LogP contribution in [0.25, 0.3) is 0 Å². The van der Waals surface area contributed by atoms with Gasteiger partial charge >= 0.3 is 0 Å². The monoisotopic (exact) mass is 463 g/mol. The van der Waals surface area contributed by atoms with Crippen LogP contribution in [0, 0.1) is 5.92 Å². The van der Waals surface area contributed by atoms with Crippen molar-refractivity contribution in [3.8, 4) is 0 Å². The first kappa shape index (κ1) is 24.0. The number of carbonyl (C=O) groups excluding carboxylic acids is 2. The van der Waals surface area contributed by atoms with Gasteiger partial charge in [-0.2, -0.15) is 4.31 Å². The summed E-state index contributed by atoms with van der Waals surface area (Å²) >= 11 is 0. The quantitative estimate of drug-likeness (QED) is 0.581. The van der Waals surface area contributed by atoms with Crippen LogP contribution in [-0.2, 0) is 26.0 Å². The van der Waals surface area contributed by atoms with Crippen molar-refractivity contribution in [2.24, 2.45) is 5.92 Å². The first-order valence-electron chi connectivity index (χ1n) is 10.6. The molecule has 174 valence electrons. The summed E-state index contributed by atoms with van der Waals surface area (Å²) in [6, 6.07) is 8.69. The van der Waals surface area contributed by atoms with Crippen molar-refractivity contribution in [2.75, 3.05) is 32.8 Å². The minimum Gasteiger partial charge on any atom is -0.469 e. The summed E-state index contributed by atoms with van der Waals surface area (Å²) in [4.78, 5) is 25.5. The van der Waals surface area contributed by atoms with Crippen LogP contribution in [0.15, 0.2) is 52.0 Å². The molecule has 9 nitrogen and oxygen atoms in total. The summed E-state index contributed by atoms with van der Waals surface area (Å²) in [5.41, 5.74) is 0.174. The maximum absolute atomic E-state index is 12.9. The summed E-state index contributed by atoms with van der Waals surface area (Å²) in [6.07, 6.45) is 2.11. The Morgan fingerprint density at radius 1 is 1.12 bits per heavy atom. The molecule has 2 N–H and O–H groups in total. The molecule has 0 saturated carbocycles. The minimum atomic E-state index is -3.73. The van der Waals surface area contributed by atoms with E-state index in [4.69, 9.17) is 9.15 Å². The third-order valence-corrected chi connectivity index (χ3v) is 7.09. The van der Waals surface area contributed by atoms with Gasteiger partial charge in [0.05, 0.1) is 24.4 Å². The molecule has 1 aliphatic heterocycles. The van der Waals surface area contributed by atoms with Crippen molar-refractivity contribution >= 4 is 21.8 Å². The lowest BCUT2D eigenvalue weighted by Gasteiger charge is -2.26. The zero-order chi connectivity index (χ0) is 23.1. The highest BCUT2D eigenvalue weighted by molar-refractivity contribution is 7.89. The number of amides is 2. The Morgan fingerprint density at radius 3 is 2.53 bits per heavy atom. The average Bonchev–Trinajstić information content (AvgIpc) is 3.31. The van der Waals surface area contributed by atoms with Crippen LogP contribution < -0.4 is 10.6 Å². The number of ether oxygens (including phenoxy) is 1. The van der Waals surface area contributed by atoms with Gasteiger partial charge in [0, 0.05) is 31.6 Å². The molecule has 1 aliphatic rings. The number of rotatable bonds is 9. The number of sulfonamides is 1. The van der Waals surface area contributed by atoms with Gasteiger partial charge in [-0.25, -0.2) is 8.42 Å². The topological polar surface area (TPSA) is 118 Å². The third-order valence-electron chi connectivity index (χ3n) is 5.19. The number of hydrogen-bond acceptors (Lipinski definition) is 6. The summed E-state index contributed by atoms with van der Waals surface area (Å²) in [7, 11) is -3.73. The maximum atomic E-state index is 12.9. The Labute approximate surface area is 188 Å². The molecule has 0 aliphatic carbocycles. The van der Waals surface area contributed by atoms with Crippen molar-refractivity contribution in [2.45, 2.75) is 31.2 Å². The first-order valence-corrected chi connectivity index (χ1v) is 12.0. The van der Waals surface area contributed by atoms with E-state index >= 15 is 0 Å². The van der Waals surface area contributed by atoms with E-state index in [2.05, 4.69) is 10.6 Å². The summed E-state index contributed by atoms with van der Waals surface area (Å²) in [6.45, 7) is 5.25. The molecular formula is C22H29N3O6S. The van der Waals surface area contributed by atoms with Crippen LogP contribution >= 0.6 is 0 Å². The van der Waals surface area contributed by atoms with Crippen molar-refractivity contribution < 1.29 is 27.2 Å². The van der Waals surface area contributed by atoms with E-state index in [0.29, 0.717) is 26.2 Å². The molecule has 1 atom stereocenters. The van der Waals surface area contributed by atoms with Gasteiger partial charge in [-0.1, -0.05) is 19.9 Å². The number of morpholine rings is 1. The van der Waals surface area contributed by atoms with Gasteiger partial charge in [-0.15, -0.1) is 0 Å². The van der Waals surface area contributed by atoms with E-state index in [-0.39, 0.29) is 35.4 Å². The molecular weight excluding hydrogens is 434 g/mol. The van der Waals surface area contributed by atoms with Crippen molar-refractivity contribution in [1.29, 1.82) is 0 Å². The normalized spacial score (nSPS) is 16.0. The van der Waals surface area contributed by atoms with Crippen LogP contribution in [0.1, 0.15) is 30.0 Å². The summed E-state index contributed by atoms with van der Waals surface area (Å²) in [5, 5.41) is 5.54. The van der Waals surface area contributed by atoms with Gasteiger partial charge in [-0.05, 0) is 36.2 Å². The second-order valence-corrected chi connectivity index (χ2v) is 9.80. The Balaban J connectivity index is 1.66. The van der Waals surface area contributed by atoms with Gasteiger partial charge in [0.25, 0.3) is 5.91 Å². The van der Waals surface area contributed by atoms with Crippen LogP contribution in [0.2, 0.25) is 0 Å². The Kier molecular flexibility index (Phi) is 8.05. The third kappa shape index (κ3) is 5.96. The number of furan rings is 1. The molecule has 2 amide bonds. The fourth-order valence-corrected chi connectivity index (χ4v) is 4.82. The van der Waals surface area contributed by atoms with Gasteiger partial charge in [0.15, 0.2) is 0 Å². The van der Waals surface area contributed by atoms with Crippen molar-refractivity contribution in [3.05, 3.63) is 54.0 Å². The average molecular weight is 464 g/mol. The zero-order valence-corrected chi connectivity index (χ0v) is 19.1. The second-order valence-electron chi connectivity index (χ2n) is 7.86. The largest absolute Gasteiger partial charge is 0.469 e. The lowest BCUT2D eigenvalue weighted by Crippen LogP contribution is -2.50. The maximum Gasteiger partial charge on any atom is 0.251 e. The van der Waals surface area contributed by atoms with E-state index in [9.17, 15) is 18.0 Å². The van der Waals surface area contributed by atoms with Crippen LogP contribution in [-0.4, -0.2) is 63.4 Å². The van der Waals surface area contributed by atoms with Crippen LogP contribution in [0.3, 0.4) is 0 Å². The SMILES string of the molecule is CC(C)C(NC(=O)c1cccc(S(=O)(=O)N2CCOCC2)c1)C(=O)NCCc1ccco1. The van der Waals surface area contributed by atoms with E-state index in [1.54, 1.807) is 12.3 Å². The predicted molar refractivity (Wildman–Crippen MR) is 118 cm³/mol. The lowest BCUT2D eigenvalue weighted by molar-refractivity contribution is -0.123. The molecule has 32 heavy (non-hydrogen) atoms.